The van der Waals surface area contributed by atoms with Crippen LogP contribution in [0.1, 0.15) is 36.1 Å². The Morgan fingerprint density at radius 1 is 1.62 bits per heavy atom. The molecule has 0 saturated carbocycles. The Labute approximate surface area is 81.4 Å². The minimum atomic E-state index is -1.07. The fraction of sp³-hybridized carbons (Fsp3) is 0.375. The Kier molecular flexibility index (Phi) is 2.87. The number of carboxylic acid groups (broad SMARTS) is 1. The monoisotopic (exact) mass is 198 g/mol. The number of carboxylic acids is 1. The van der Waals surface area contributed by atoms with E-state index >= 15 is 0 Å². The first-order valence-corrected chi connectivity index (χ1v) is 4.26. The fourth-order valence-electron chi connectivity index (χ4n) is 0.825. The lowest BCUT2D eigenvalue weighted by Crippen LogP contribution is -2.07. The molecule has 0 unspecified atom stereocenters. The van der Waals surface area contributed by atoms with Crippen molar-refractivity contribution in [2.75, 3.05) is 0 Å². The van der Waals surface area contributed by atoms with Crippen molar-refractivity contribution in [3.8, 4) is 0 Å². The molecule has 1 rings (SSSR count). The van der Waals surface area contributed by atoms with Crippen LogP contribution >= 0.6 is 12.6 Å². The van der Waals surface area contributed by atoms with Crippen LogP contribution in [-0.4, -0.2) is 21.0 Å². The van der Waals surface area contributed by atoms with Gasteiger partial charge in [0.1, 0.15) is 5.82 Å². The number of rotatable bonds is 2. The lowest BCUT2D eigenvalue weighted by molar-refractivity contribution is 0.0685. The zero-order chi connectivity index (χ0) is 10.0. The highest BCUT2D eigenvalue weighted by atomic mass is 32.1. The molecule has 0 aliphatic rings. The summed E-state index contributed by atoms with van der Waals surface area (Å²) in [6.45, 7) is 3.80. The molecule has 4 nitrogen and oxygen atoms in total. The maximum atomic E-state index is 10.7. The van der Waals surface area contributed by atoms with Gasteiger partial charge in [0.05, 0.1) is 4.90 Å². The number of hydrogen-bond acceptors (Lipinski definition) is 4. The van der Waals surface area contributed by atoms with Crippen molar-refractivity contribution in [2.24, 2.45) is 0 Å². The normalized spacial score (nSPS) is 10.5. The average Bonchev–Trinajstić information content (AvgIpc) is 2.04. The predicted molar refractivity (Wildman–Crippen MR) is 50.3 cm³/mol. The van der Waals surface area contributed by atoms with Crippen molar-refractivity contribution in [1.29, 1.82) is 0 Å². The maximum absolute atomic E-state index is 10.7. The molecule has 0 aliphatic heterocycles. The number of carbonyl (C=O) groups is 1. The van der Waals surface area contributed by atoms with Crippen LogP contribution in [0.2, 0.25) is 0 Å². The highest BCUT2D eigenvalue weighted by Gasteiger charge is 2.12. The summed E-state index contributed by atoms with van der Waals surface area (Å²) in [7, 11) is 0. The Morgan fingerprint density at radius 2 is 2.23 bits per heavy atom. The Bertz CT molecular complexity index is 339. The van der Waals surface area contributed by atoms with Crippen LogP contribution in [-0.2, 0) is 0 Å². The number of aromatic nitrogens is 2. The molecule has 0 amide bonds. The molecule has 0 bridgehead atoms. The van der Waals surface area contributed by atoms with Crippen LogP contribution < -0.4 is 0 Å². The maximum Gasteiger partial charge on any atom is 0.355 e. The van der Waals surface area contributed by atoms with Gasteiger partial charge in [-0.05, 0) is 0 Å². The molecule has 0 saturated heterocycles. The van der Waals surface area contributed by atoms with Crippen molar-refractivity contribution in [3.05, 3.63) is 17.7 Å². The first-order valence-electron chi connectivity index (χ1n) is 3.81. The van der Waals surface area contributed by atoms with Gasteiger partial charge in [-0.3, -0.25) is 0 Å². The molecule has 0 spiro atoms. The number of hydrogen-bond donors (Lipinski definition) is 2. The molecule has 0 aliphatic carbocycles. The van der Waals surface area contributed by atoms with Crippen LogP contribution in [0.4, 0.5) is 0 Å². The smallest absolute Gasteiger partial charge is 0.355 e. The van der Waals surface area contributed by atoms with Gasteiger partial charge in [-0.25, -0.2) is 14.8 Å². The van der Waals surface area contributed by atoms with Gasteiger partial charge >= 0.3 is 5.97 Å². The second-order valence-corrected chi connectivity index (χ2v) is 3.40. The van der Waals surface area contributed by atoms with Crippen LogP contribution in [0.15, 0.2) is 11.1 Å². The van der Waals surface area contributed by atoms with E-state index in [2.05, 4.69) is 22.6 Å². The van der Waals surface area contributed by atoms with E-state index in [0.717, 1.165) is 0 Å². The van der Waals surface area contributed by atoms with Crippen LogP contribution in [0, 0.1) is 0 Å². The molecule has 0 fully saturated rings. The zero-order valence-corrected chi connectivity index (χ0v) is 8.25. The van der Waals surface area contributed by atoms with Crippen molar-refractivity contribution < 1.29 is 9.90 Å². The van der Waals surface area contributed by atoms with E-state index in [-0.39, 0.29) is 16.5 Å². The molecule has 13 heavy (non-hydrogen) atoms. The topological polar surface area (TPSA) is 63.1 Å². The summed E-state index contributed by atoms with van der Waals surface area (Å²) in [6.07, 6.45) is 1.41. The van der Waals surface area contributed by atoms with Gasteiger partial charge in [-0.2, -0.15) is 0 Å². The minimum Gasteiger partial charge on any atom is -0.476 e. The standard InChI is InChI=1S/C8H10N2O2S/c1-4(2)7-9-3-5(13)6(10-7)8(11)12/h3-4,13H,1-2H3,(H,11,12). The highest BCUT2D eigenvalue weighted by molar-refractivity contribution is 7.80. The van der Waals surface area contributed by atoms with E-state index in [1.807, 2.05) is 13.8 Å². The average molecular weight is 198 g/mol. The molecule has 1 aromatic rings. The lowest BCUT2D eigenvalue weighted by atomic mass is 10.2. The molecule has 0 radical (unpaired) electrons. The van der Waals surface area contributed by atoms with Gasteiger partial charge in [0.2, 0.25) is 0 Å². The van der Waals surface area contributed by atoms with E-state index in [1.165, 1.54) is 6.20 Å². The number of nitrogens with zero attached hydrogens (tertiary/aromatic N) is 2. The quantitative estimate of drug-likeness (QED) is 0.708. The van der Waals surface area contributed by atoms with Crippen molar-refractivity contribution in [2.45, 2.75) is 24.7 Å². The van der Waals surface area contributed by atoms with Gasteiger partial charge in [0.15, 0.2) is 5.69 Å². The van der Waals surface area contributed by atoms with Crippen molar-refractivity contribution >= 4 is 18.6 Å². The summed E-state index contributed by atoms with van der Waals surface area (Å²) in [6, 6.07) is 0. The summed E-state index contributed by atoms with van der Waals surface area (Å²) in [4.78, 5) is 18.8. The SMILES string of the molecule is CC(C)c1ncc(S)c(C(=O)O)n1. The first-order chi connectivity index (χ1) is 6.02. The molecule has 0 aromatic carbocycles. The molecular formula is C8H10N2O2S. The highest BCUT2D eigenvalue weighted by Crippen LogP contribution is 2.14. The van der Waals surface area contributed by atoms with Gasteiger partial charge in [0, 0.05) is 12.1 Å². The van der Waals surface area contributed by atoms with E-state index in [4.69, 9.17) is 5.11 Å². The first kappa shape index (κ1) is 9.98. The van der Waals surface area contributed by atoms with Crippen LogP contribution in [0.25, 0.3) is 0 Å². The second-order valence-electron chi connectivity index (χ2n) is 2.92. The Balaban J connectivity index is 3.19. The lowest BCUT2D eigenvalue weighted by Gasteiger charge is -2.04. The summed E-state index contributed by atoms with van der Waals surface area (Å²) >= 11 is 3.95. The van der Waals surface area contributed by atoms with Crippen LogP contribution in [0.3, 0.4) is 0 Å². The second kappa shape index (κ2) is 3.74. The zero-order valence-electron chi connectivity index (χ0n) is 7.35. The van der Waals surface area contributed by atoms with E-state index in [9.17, 15) is 4.79 Å². The van der Waals surface area contributed by atoms with Gasteiger partial charge in [-0.15, -0.1) is 12.6 Å². The largest absolute Gasteiger partial charge is 0.476 e. The van der Waals surface area contributed by atoms with E-state index in [1.54, 1.807) is 0 Å². The van der Waals surface area contributed by atoms with Gasteiger partial charge < -0.3 is 5.11 Å². The summed E-state index contributed by atoms with van der Waals surface area (Å²) in [5.41, 5.74) is -0.0398. The third kappa shape index (κ3) is 2.18. The third-order valence-corrected chi connectivity index (χ3v) is 1.83. The van der Waals surface area contributed by atoms with Crippen LogP contribution in [0.5, 0.6) is 0 Å². The molecule has 1 heterocycles. The molecule has 1 aromatic heterocycles. The van der Waals surface area contributed by atoms with Crippen molar-refractivity contribution in [3.63, 3.8) is 0 Å². The van der Waals surface area contributed by atoms with Crippen molar-refractivity contribution in [1.82, 2.24) is 9.97 Å². The van der Waals surface area contributed by atoms with E-state index < -0.39 is 5.97 Å². The third-order valence-electron chi connectivity index (χ3n) is 1.51. The van der Waals surface area contributed by atoms with Gasteiger partial charge in [-0.1, -0.05) is 13.8 Å². The molecule has 5 heteroatoms. The summed E-state index contributed by atoms with van der Waals surface area (Å²) in [5, 5.41) is 8.73. The Hall–Kier alpha value is -1.10. The summed E-state index contributed by atoms with van der Waals surface area (Å²) < 4.78 is 0. The number of thiol groups is 1. The molecule has 70 valence electrons. The molecule has 0 atom stereocenters. The fourth-order valence-corrected chi connectivity index (χ4v) is 1.03. The Morgan fingerprint density at radius 3 is 2.69 bits per heavy atom. The summed E-state index contributed by atoms with van der Waals surface area (Å²) in [5.74, 6) is -0.434. The molecular weight excluding hydrogens is 188 g/mol. The van der Waals surface area contributed by atoms with Gasteiger partial charge in [0.25, 0.3) is 0 Å². The minimum absolute atomic E-state index is 0.0398. The van der Waals surface area contributed by atoms with E-state index in [0.29, 0.717) is 5.82 Å². The number of aromatic carboxylic acids is 1. The predicted octanol–water partition coefficient (Wildman–Crippen LogP) is 1.59. The molecule has 1 N–H and O–H groups in total.